The standard InChI is InChI=1S/C46H74O15/c1-22-30(49)35(60-37-33(52)31(50)25(47)20-56-37)34(53)38(58-22)61-36-32(51)26(48)21-57-39(36)59-29-12-13-43(6)27(42(29,4)5)11-14-45(8)28(43)10-9-23-24-19-41(2,3)15-17-46(24,40(54)55)18-16-44(23,45)7/h9,22,24-39,47-53H,10-21H2,1-8H3,(H,54,55)/t22-,24-,25+,26-,27-,28+,29-,30-,31+,32-,33+,34+,35+,36+,37+,38-,39-,43-,44+,45+,46-/m0/s1. The first-order valence-electron chi connectivity index (χ1n) is 23.0. The zero-order chi connectivity index (χ0) is 44.4. The number of aliphatic hydroxyl groups is 7. The van der Waals surface area contributed by atoms with Gasteiger partial charge in [-0.3, -0.25) is 4.79 Å². The third-order valence-corrected chi connectivity index (χ3v) is 18.5. The van der Waals surface area contributed by atoms with Crippen molar-refractivity contribution in [2.45, 2.75) is 206 Å². The van der Waals surface area contributed by atoms with Gasteiger partial charge in [-0.2, -0.15) is 0 Å². The van der Waals surface area contributed by atoms with Crippen LogP contribution in [0.2, 0.25) is 0 Å². The van der Waals surface area contributed by atoms with Crippen molar-refractivity contribution in [3.05, 3.63) is 11.6 Å². The van der Waals surface area contributed by atoms with Crippen LogP contribution in [0, 0.1) is 50.2 Å². The molecule has 4 saturated carbocycles. The van der Waals surface area contributed by atoms with Gasteiger partial charge in [0.05, 0.1) is 30.8 Å². The minimum atomic E-state index is -1.69. The third kappa shape index (κ3) is 7.21. The van der Waals surface area contributed by atoms with Gasteiger partial charge in [-0.15, -0.1) is 0 Å². The molecule has 61 heavy (non-hydrogen) atoms. The molecule has 0 aromatic heterocycles. The Kier molecular flexibility index (Phi) is 12.1. The fourth-order valence-electron chi connectivity index (χ4n) is 14.5. The smallest absolute Gasteiger partial charge is 0.310 e. The monoisotopic (exact) mass is 867 g/mol. The van der Waals surface area contributed by atoms with E-state index in [1.807, 2.05) is 0 Å². The zero-order valence-electron chi connectivity index (χ0n) is 37.3. The van der Waals surface area contributed by atoms with E-state index in [1.54, 1.807) is 0 Å². The van der Waals surface area contributed by atoms with Gasteiger partial charge in [-0.1, -0.05) is 60.1 Å². The molecule has 0 aromatic rings. The summed E-state index contributed by atoms with van der Waals surface area (Å²) in [6.07, 6.45) is -7.57. The fourth-order valence-corrected chi connectivity index (χ4v) is 14.5. The minimum Gasteiger partial charge on any atom is -0.481 e. The number of fused-ring (bicyclic) bond motifs is 7. The topological polar surface area (TPSA) is 234 Å². The maximum absolute atomic E-state index is 13.1. The summed E-state index contributed by atoms with van der Waals surface area (Å²) >= 11 is 0. The number of rotatable bonds is 7. The average Bonchev–Trinajstić information content (AvgIpc) is 3.18. The molecular weight excluding hydrogens is 792 g/mol. The highest BCUT2D eigenvalue weighted by atomic mass is 16.8. The zero-order valence-corrected chi connectivity index (χ0v) is 37.3. The molecule has 0 aromatic carbocycles. The van der Waals surface area contributed by atoms with Crippen LogP contribution in [-0.4, -0.2) is 146 Å². The van der Waals surface area contributed by atoms with Crippen molar-refractivity contribution < 1.29 is 74.1 Å². The largest absolute Gasteiger partial charge is 0.481 e. The molecule has 15 heteroatoms. The van der Waals surface area contributed by atoms with Crippen LogP contribution in [0.1, 0.15) is 120 Å². The Labute approximate surface area is 360 Å². The van der Waals surface area contributed by atoms with Gasteiger partial charge in [0.2, 0.25) is 0 Å². The first kappa shape index (κ1) is 46.2. The number of hydrogen-bond donors (Lipinski definition) is 8. The predicted octanol–water partition coefficient (Wildman–Crippen LogP) is 3.01. The van der Waals surface area contributed by atoms with Crippen molar-refractivity contribution in [3.8, 4) is 0 Å². The van der Waals surface area contributed by atoms with Gasteiger partial charge in [-0.25, -0.2) is 0 Å². The van der Waals surface area contributed by atoms with Gasteiger partial charge >= 0.3 is 5.97 Å². The molecule has 7 fully saturated rings. The Morgan fingerprint density at radius 2 is 1.31 bits per heavy atom. The SMILES string of the molecule is C[C@@H]1O[C@@H](O[C@H]2[C@H](O[C@H]3CC[C@]4(C)[C@H]5CC=C6[C@@H]7CC(C)(C)CC[C@]7(C(=O)O)CC[C@@]6(C)[C@]5(C)CC[C@H]4C3(C)C)OC[C@H](O)[C@@H]2O)[C@H](O)[C@H](O[C@H]2OC[C@@H](O)[C@@H](O)[C@H]2O)[C@H]1O. The summed E-state index contributed by atoms with van der Waals surface area (Å²) < 4.78 is 36.2. The van der Waals surface area contributed by atoms with E-state index in [0.29, 0.717) is 12.3 Å². The van der Waals surface area contributed by atoms with Crippen molar-refractivity contribution in [3.63, 3.8) is 0 Å². The van der Waals surface area contributed by atoms with Crippen molar-refractivity contribution >= 4 is 5.97 Å². The second-order valence-corrected chi connectivity index (χ2v) is 22.6. The lowest BCUT2D eigenvalue weighted by Crippen LogP contribution is -2.66. The highest BCUT2D eigenvalue weighted by Crippen LogP contribution is 2.76. The Morgan fingerprint density at radius 1 is 0.672 bits per heavy atom. The fraction of sp³-hybridized carbons (Fsp3) is 0.935. The molecule has 348 valence electrons. The number of carbonyl (C=O) groups is 1. The molecule has 21 atom stereocenters. The highest BCUT2D eigenvalue weighted by Gasteiger charge is 2.69. The summed E-state index contributed by atoms with van der Waals surface area (Å²) in [6, 6.07) is 0. The Balaban J connectivity index is 1.00. The van der Waals surface area contributed by atoms with Gasteiger partial charge in [-0.05, 0) is 116 Å². The van der Waals surface area contributed by atoms with Crippen LogP contribution in [0.15, 0.2) is 11.6 Å². The molecular formula is C46H74O15. The Bertz CT molecular complexity index is 1670. The minimum absolute atomic E-state index is 0.0145. The summed E-state index contributed by atoms with van der Waals surface area (Å²) in [5.41, 5.74) is 0.298. The van der Waals surface area contributed by atoms with Gasteiger partial charge in [0.25, 0.3) is 0 Å². The number of carboxylic acids is 1. The number of aliphatic hydroxyl groups excluding tert-OH is 7. The van der Waals surface area contributed by atoms with E-state index in [-0.39, 0.29) is 58.2 Å². The van der Waals surface area contributed by atoms with E-state index in [0.717, 1.165) is 57.8 Å². The molecule has 0 bridgehead atoms. The molecule has 8 N–H and O–H groups in total. The lowest BCUT2D eigenvalue weighted by molar-refractivity contribution is -0.378. The van der Waals surface area contributed by atoms with Gasteiger partial charge in [0, 0.05) is 0 Å². The molecule has 15 nitrogen and oxygen atoms in total. The van der Waals surface area contributed by atoms with E-state index >= 15 is 0 Å². The number of ether oxygens (including phenoxy) is 6. The maximum atomic E-state index is 13.1. The molecule has 3 heterocycles. The lowest BCUT2D eigenvalue weighted by atomic mass is 9.33. The summed E-state index contributed by atoms with van der Waals surface area (Å²) in [4.78, 5) is 13.1. The number of allylic oxidation sites excluding steroid dienone is 2. The van der Waals surface area contributed by atoms with E-state index in [1.165, 1.54) is 12.5 Å². The lowest BCUT2D eigenvalue weighted by Gasteiger charge is -2.71. The van der Waals surface area contributed by atoms with Crippen LogP contribution < -0.4 is 0 Å². The maximum Gasteiger partial charge on any atom is 0.310 e. The molecule has 3 aliphatic heterocycles. The second kappa shape index (κ2) is 15.9. The van der Waals surface area contributed by atoms with Gasteiger partial charge < -0.3 is 69.3 Å². The van der Waals surface area contributed by atoms with Crippen molar-refractivity contribution in [2.24, 2.45) is 50.2 Å². The molecule has 0 amide bonds. The van der Waals surface area contributed by atoms with E-state index in [4.69, 9.17) is 28.4 Å². The molecule has 8 aliphatic rings. The normalized spacial score (nSPS) is 54.3. The van der Waals surface area contributed by atoms with Crippen molar-refractivity contribution in [1.82, 2.24) is 0 Å². The summed E-state index contributed by atoms with van der Waals surface area (Å²) in [7, 11) is 0. The van der Waals surface area contributed by atoms with Crippen molar-refractivity contribution in [2.75, 3.05) is 13.2 Å². The molecule has 8 rings (SSSR count). The first-order chi connectivity index (χ1) is 28.4. The molecule has 0 unspecified atom stereocenters. The molecule has 0 spiro atoms. The van der Waals surface area contributed by atoms with Gasteiger partial charge in [0.15, 0.2) is 18.9 Å². The summed E-state index contributed by atoms with van der Waals surface area (Å²) in [5.74, 6) is 0.0702. The summed E-state index contributed by atoms with van der Waals surface area (Å²) in [5, 5.41) is 85.9. The van der Waals surface area contributed by atoms with E-state index < -0.39 is 91.3 Å². The van der Waals surface area contributed by atoms with Gasteiger partial charge in [0.1, 0.15) is 54.9 Å². The quantitative estimate of drug-likeness (QED) is 0.136. The molecule has 0 radical (unpaired) electrons. The van der Waals surface area contributed by atoms with Crippen molar-refractivity contribution in [1.29, 1.82) is 0 Å². The van der Waals surface area contributed by atoms with Crippen LogP contribution >= 0.6 is 0 Å². The summed E-state index contributed by atoms with van der Waals surface area (Å²) in [6.45, 7) is 17.5. The number of hydrogen-bond acceptors (Lipinski definition) is 14. The average molecular weight is 867 g/mol. The van der Waals surface area contributed by atoms with Crippen LogP contribution in [0.3, 0.4) is 0 Å². The van der Waals surface area contributed by atoms with Crippen LogP contribution in [-0.2, 0) is 33.2 Å². The van der Waals surface area contributed by atoms with Crippen LogP contribution in [0.4, 0.5) is 0 Å². The number of aliphatic carboxylic acids is 1. The molecule has 3 saturated heterocycles. The van der Waals surface area contributed by atoms with E-state index in [2.05, 4.69) is 54.5 Å². The Hall–Kier alpha value is -1.31. The second-order valence-electron chi connectivity index (χ2n) is 22.6. The molecule has 5 aliphatic carbocycles. The Morgan fingerprint density at radius 3 is 2.00 bits per heavy atom. The third-order valence-electron chi connectivity index (χ3n) is 18.5. The van der Waals surface area contributed by atoms with Crippen LogP contribution in [0.25, 0.3) is 0 Å². The van der Waals surface area contributed by atoms with Crippen LogP contribution in [0.5, 0.6) is 0 Å². The van der Waals surface area contributed by atoms with E-state index in [9.17, 15) is 45.6 Å². The highest BCUT2D eigenvalue weighted by molar-refractivity contribution is 5.76. The first-order valence-corrected chi connectivity index (χ1v) is 23.0. The predicted molar refractivity (Wildman–Crippen MR) is 217 cm³/mol. The number of carboxylic acid groups (broad SMARTS) is 1.